The van der Waals surface area contributed by atoms with Crippen LogP contribution in [0.5, 0.6) is 0 Å². The van der Waals surface area contributed by atoms with Gasteiger partial charge in [-0.05, 0) is 64.2 Å². The van der Waals surface area contributed by atoms with Crippen molar-refractivity contribution in [3.05, 3.63) is 36.5 Å². The number of hydrogen-bond donors (Lipinski definition) is 0. The highest BCUT2D eigenvalue weighted by Gasteiger charge is 2.22. The topological polar surface area (TPSA) is 111 Å². The lowest BCUT2D eigenvalue weighted by Crippen LogP contribution is -2.44. The van der Waals surface area contributed by atoms with Crippen LogP contribution in [0.25, 0.3) is 0 Å². The number of esters is 2. The summed E-state index contributed by atoms with van der Waals surface area (Å²) < 4.78 is 22.6. The van der Waals surface area contributed by atoms with Crippen molar-refractivity contribution in [2.24, 2.45) is 0 Å². The second-order valence-electron chi connectivity index (χ2n) is 20.9. The van der Waals surface area contributed by atoms with Crippen LogP contribution in [-0.4, -0.2) is 82.3 Å². The number of carboxylic acids is 1. The Morgan fingerprint density at radius 3 is 1.22 bits per heavy atom. The quantitative estimate of drug-likeness (QED) is 0.0195. The monoisotopic (exact) mass is 974 g/mol. The Morgan fingerprint density at radius 1 is 0.435 bits per heavy atom. The van der Waals surface area contributed by atoms with Crippen molar-refractivity contribution in [2.45, 2.75) is 283 Å². The zero-order chi connectivity index (χ0) is 50.6. The van der Waals surface area contributed by atoms with Gasteiger partial charge in [0.25, 0.3) is 0 Å². The SMILES string of the molecule is CCC/C=C\C/C=C\CCCCCCCC(=O)OC(COC(=O)CCCCCCCCCCCCCCCCCCCCC/C=C\CCCCCCCCCC)COC(OCC[N+](C)(C)C)C(=O)[O-]. The molecular weight excluding hydrogens is 863 g/mol. The molecule has 0 fully saturated rings. The number of ether oxygens (including phenoxy) is 4. The van der Waals surface area contributed by atoms with Crippen LogP contribution in [-0.2, 0) is 33.3 Å². The van der Waals surface area contributed by atoms with E-state index in [1.54, 1.807) is 0 Å². The maximum absolute atomic E-state index is 12.8. The van der Waals surface area contributed by atoms with E-state index >= 15 is 0 Å². The fourth-order valence-electron chi connectivity index (χ4n) is 8.34. The molecule has 2 atom stereocenters. The number of likely N-dealkylation sites (N-methyl/N-ethyl adjacent to an activating group) is 1. The second-order valence-corrected chi connectivity index (χ2v) is 20.9. The molecule has 0 heterocycles. The van der Waals surface area contributed by atoms with Crippen molar-refractivity contribution in [1.29, 1.82) is 0 Å². The Bertz CT molecular complexity index is 1230. The van der Waals surface area contributed by atoms with E-state index in [4.69, 9.17) is 18.9 Å². The van der Waals surface area contributed by atoms with E-state index in [0.717, 1.165) is 64.2 Å². The van der Waals surface area contributed by atoms with Crippen molar-refractivity contribution < 1.29 is 42.9 Å². The van der Waals surface area contributed by atoms with E-state index in [2.05, 4.69) is 50.3 Å². The van der Waals surface area contributed by atoms with Gasteiger partial charge >= 0.3 is 11.9 Å². The van der Waals surface area contributed by atoms with E-state index in [1.807, 2.05) is 21.1 Å². The molecule has 0 aliphatic rings. The highest BCUT2D eigenvalue weighted by Crippen LogP contribution is 2.17. The molecule has 0 saturated carbocycles. The number of aliphatic carboxylic acids is 1. The zero-order valence-electron chi connectivity index (χ0n) is 45.9. The largest absolute Gasteiger partial charge is 0.545 e. The molecular formula is C60H111NO8. The number of carbonyl (C=O) groups excluding carboxylic acids is 3. The molecule has 9 heteroatoms. The summed E-state index contributed by atoms with van der Waals surface area (Å²) in [5, 5.41) is 11.7. The maximum Gasteiger partial charge on any atom is 0.306 e. The summed E-state index contributed by atoms with van der Waals surface area (Å²) >= 11 is 0. The minimum Gasteiger partial charge on any atom is -0.545 e. The minimum absolute atomic E-state index is 0.146. The van der Waals surface area contributed by atoms with Crippen molar-refractivity contribution in [1.82, 2.24) is 0 Å². The number of nitrogens with zero attached hydrogens (tertiary/aromatic N) is 1. The molecule has 0 saturated heterocycles. The van der Waals surface area contributed by atoms with E-state index in [9.17, 15) is 19.5 Å². The lowest BCUT2D eigenvalue weighted by molar-refractivity contribution is -0.870. The molecule has 9 nitrogen and oxygen atoms in total. The number of allylic oxidation sites excluding steroid dienone is 6. The fraction of sp³-hybridized carbons (Fsp3) is 0.850. The molecule has 0 radical (unpaired) electrons. The van der Waals surface area contributed by atoms with Crippen LogP contribution in [0.4, 0.5) is 0 Å². The summed E-state index contributed by atoms with van der Waals surface area (Å²) in [6.45, 7) is 4.69. The first-order valence-electron chi connectivity index (χ1n) is 29.1. The third-order valence-corrected chi connectivity index (χ3v) is 12.8. The van der Waals surface area contributed by atoms with Crippen LogP contribution in [0.3, 0.4) is 0 Å². The first-order valence-corrected chi connectivity index (χ1v) is 29.1. The Balaban J connectivity index is 4.05. The molecule has 0 aliphatic carbocycles. The first kappa shape index (κ1) is 66.5. The van der Waals surface area contributed by atoms with E-state index < -0.39 is 24.3 Å². The highest BCUT2D eigenvalue weighted by atomic mass is 16.7. The van der Waals surface area contributed by atoms with Gasteiger partial charge in [0, 0.05) is 12.8 Å². The van der Waals surface area contributed by atoms with Crippen molar-refractivity contribution in [3.8, 4) is 0 Å². The van der Waals surface area contributed by atoms with Crippen molar-refractivity contribution >= 4 is 17.9 Å². The molecule has 0 amide bonds. The number of hydrogen-bond acceptors (Lipinski definition) is 8. The maximum atomic E-state index is 12.8. The van der Waals surface area contributed by atoms with Crippen LogP contribution in [0, 0.1) is 0 Å². The lowest BCUT2D eigenvalue weighted by Gasteiger charge is -2.26. The average Bonchev–Trinajstić information content (AvgIpc) is 3.31. The molecule has 0 N–H and O–H groups in total. The summed E-state index contributed by atoms with van der Waals surface area (Å²) in [6.07, 6.45) is 59.3. The summed E-state index contributed by atoms with van der Waals surface area (Å²) in [5.41, 5.74) is 0. The number of rotatable bonds is 54. The van der Waals surface area contributed by atoms with E-state index in [-0.39, 0.29) is 32.2 Å². The number of carboxylic acid groups (broad SMARTS) is 1. The van der Waals surface area contributed by atoms with Gasteiger partial charge < -0.3 is 33.3 Å². The van der Waals surface area contributed by atoms with Gasteiger partial charge in [0.05, 0.1) is 40.3 Å². The Kier molecular flexibility index (Phi) is 50.0. The van der Waals surface area contributed by atoms with Gasteiger partial charge in [0.2, 0.25) is 0 Å². The van der Waals surface area contributed by atoms with Crippen LogP contribution in [0.2, 0.25) is 0 Å². The molecule has 0 aromatic carbocycles. The zero-order valence-corrected chi connectivity index (χ0v) is 45.9. The average molecular weight is 975 g/mol. The molecule has 0 aliphatic heterocycles. The fourth-order valence-corrected chi connectivity index (χ4v) is 8.34. The summed E-state index contributed by atoms with van der Waals surface area (Å²) in [5.74, 6) is -2.29. The highest BCUT2D eigenvalue weighted by molar-refractivity contribution is 5.70. The van der Waals surface area contributed by atoms with Gasteiger partial charge in [-0.3, -0.25) is 9.59 Å². The molecule has 404 valence electrons. The predicted octanol–water partition coefficient (Wildman–Crippen LogP) is 15.6. The number of quaternary nitrogens is 1. The van der Waals surface area contributed by atoms with Gasteiger partial charge in [0.15, 0.2) is 12.4 Å². The number of unbranched alkanes of at least 4 members (excludes halogenated alkanes) is 33. The molecule has 2 unspecified atom stereocenters. The van der Waals surface area contributed by atoms with Crippen molar-refractivity contribution in [3.63, 3.8) is 0 Å². The van der Waals surface area contributed by atoms with Crippen molar-refractivity contribution in [2.75, 3.05) is 47.5 Å². The smallest absolute Gasteiger partial charge is 0.306 e. The lowest BCUT2D eigenvalue weighted by atomic mass is 10.0. The van der Waals surface area contributed by atoms with Gasteiger partial charge in [0.1, 0.15) is 13.2 Å². The summed E-state index contributed by atoms with van der Waals surface area (Å²) in [7, 11) is 5.92. The van der Waals surface area contributed by atoms with E-state index in [1.165, 1.54) is 173 Å². The molecule has 0 spiro atoms. The van der Waals surface area contributed by atoms with Crippen LogP contribution >= 0.6 is 0 Å². The Hall–Kier alpha value is -2.49. The second kappa shape index (κ2) is 51.9. The van der Waals surface area contributed by atoms with Gasteiger partial charge in [-0.2, -0.15) is 0 Å². The van der Waals surface area contributed by atoms with Crippen LogP contribution < -0.4 is 5.11 Å². The molecule has 69 heavy (non-hydrogen) atoms. The molecule has 0 rings (SSSR count). The minimum atomic E-state index is -1.62. The molecule has 0 aromatic heterocycles. The molecule has 0 aromatic rings. The number of carbonyl (C=O) groups is 3. The van der Waals surface area contributed by atoms with Gasteiger partial charge in [-0.15, -0.1) is 0 Å². The third-order valence-electron chi connectivity index (χ3n) is 12.8. The summed E-state index contributed by atoms with van der Waals surface area (Å²) in [4.78, 5) is 37.2. The van der Waals surface area contributed by atoms with Gasteiger partial charge in [-0.1, -0.05) is 230 Å². The summed E-state index contributed by atoms with van der Waals surface area (Å²) in [6, 6.07) is 0. The Labute approximate surface area is 426 Å². The van der Waals surface area contributed by atoms with Crippen LogP contribution in [0.1, 0.15) is 271 Å². The molecule has 0 bridgehead atoms. The Morgan fingerprint density at radius 2 is 0.812 bits per heavy atom. The predicted molar refractivity (Wildman–Crippen MR) is 288 cm³/mol. The van der Waals surface area contributed by atoms with E-state index in [0.29, 0.717) is 23.9 Å². The van der Waals surface area contributed by atoms with Crippen LogP contribution in [0.15, 0.2) is 36.5 Å². The first-order chi connectivity index (χ1) is 33.6. The standard InChI is InChI=1S/C60H111NO8/c1-6-8-10-12-14-16-18-20-21-22-23-24-25-26-27-28-29-30-31-32-33-34-35-36-37-39-40-42-44-46-48-50-57(62)67-54-56(55-68-60(59(64)65)66-53-52-61(3,4)5)69-58(63)51-49-47-45-43-41-38-19-17-15-13-11-9-7-2/h11,13,17,19,22-23,56,60H,6-10,12,14-16,18,20-21,24-55H2,1-5H3/b13-11-,19-17-,23-22-. The van der Waals surface area contributed by atoms with Gasteiger partial charge in [-0.25, -0.2) is 0 Å². The normalized spacial score (nSPS) is 13.0. The third kappa shape index (κ3) is 53.1.